The van der Waals surface area contributed by atoms with Gasteiger partial charge in [-0.1, -0.05) is 19.8 Å². The Morgan fingerprint density at radius 1 is 1.43 bits per heavy atom. The summed E-state index contributed by atoms with van der Waals surface area (Å²) in [6.45, 7) is 2.17. The third kappa shape index (κ3) is 4.03. The zero-order valence-corrected chi connectivity index (χ0v) is 12.0. The number of hydrogen-bond acceptors (Lipinski definition) is 3. The molecule has 0 radical (unpaired) electrons. The van der Waals surface area contributed by atoms with Crippen LogP contribution >= 0.6 is 0 Å². The van der Waals surface area contributed by atoms with Gasteiger partial charge in [0.15, 0.2) is 0 Å². The number of benzene rings is 1. The van der Waals surface area contributed by atoms with Crippen LogP contribution in [-0.4, -0.2) is 17.3 Å². The molecule has 0 bridgehead atoms. The molecule has 4 N–H and O–H groups in total. The summed E-state index contributed by atoms with van der Waals surface area (Å²) in [6.07, 6.45) is -1.30. The van der Waals surface area contributed by atoms with E-state index < -0.39 is 17.3 Å². The van der Waals surface area contributed by atoms with Gasteiger partial charge in [0.25, 0.3) is 0 Å². The Hall–Kier alpha value is -1.43. The highest BCUT2D eigenvalue weighted by molar-refractivity contribution is 5.59. The zero-order valence-electron chi connectivity index (χ0n) is 12.0. The van der Waals surface area contributed by atoms with Crippen molar-refractivity contribution in [1.29, 1.82) is 0 Å². The van der Waals surface area contributed by atoms with Gasteiger partial charge in [-0.25, -0.2) is 0 Å². The fourth-order valence-electron chi connectivity index (χ4n) is 3.00. The van der Waals surface area contributed by atoms with Gasteiger partial charge < -0.3 is 16.2 Å². The maximum Gasteiger partial charge on any atom is 0.418 e. The minimum Gasteiger partial charge on any atom is -0.399 e. The standard InChI is InChI=1S/C15H21F3N2O/c1-10-3-2-6-14(21,8-10)9-20-13-5-4-11(19)7-12(13)15(16,17)18/h4-5,7,10,20-21H,2-3,6,8-9,19H2,1H3. The van der Waals surface area contributed by atoms with Crippen molar-refractivity contribution in [3.05, 3.63) is 23.8 Å². The van der Waals surface area contributed by atoms with E-state index in [1.165, 1.54) is 12.1 Å². The number of nitrogens with one attached hydrogen (secondary N) is 1. The zero-order chi connectivity index (χ0) is 15.7. The molecular weight excluding hydrogens is 281 g/mol. The molecule has 1 saturated carbocycles. The van der Waals surface area contributed by atoms with Crippen molar-refractivity contribution in [3.63, 3.8) is 0 Å². The van der Waals surface area contributed by atoms with Crippen molar-refractivity contribution < 1.29 is 18.3 Å². The fraction of sp³-hybridized carbons (Fsp3) is 0.600. The van der Waals surface area contributed by atoms with Crippen molar-refractivity contribution in [1.82, 2.24) is 0 Å². The van der Waals surface area contributed by atoms with E-state index in [1.807, 2.05) is 0 Å². The van der Waals surface area contributed by atoms with Crippen molar-refractivity contribution >= 4 is 11.4 Å². The number of nitrogen functional groups attached to an aromatic ring is 1. The Kier molecular flexibility index (Phi) is 4.37. The van der Waals surface area contributed by atoms with E-state index in [0.29, 0.717) is 18.8 Å². The summed E-state index contributed by atoms with van der Waals surface area (Å²) in [7, 11) is 0. The lowest BCUT2D eigenvalue weighted by Gasteiger charge is -2.36. The van der Waals surface area contributed by atoms with Crippen LogP contribution in [0.4, 0.5) is 24.5 Å². The summed E-state index contributed by atoms with van der Waals surface area (Å²) in [5.41, 5.74) is 3.72. The van der Waals surface area contributed by atoms with Gasteiger partial charge in [-0.15, -0.1) is 0 Å². The Morgan fingerprint density at radius 2 is 2.14 bits per heavy atom. The van der Waals surface area contributed by atoms with E-state index in [0.717, 1.165) is 18.9 Å². The van der Waals surface area contributed by atoms with Crippen LogP contribution in [-0.2, 0) is 6.18 Å². The van der Waals surface area contributed by atoms with Crippen LogP contribution in [0.25, 0.3) is 0 Å². The second-order valence-corrected chi connectivity index (χ2v) is 6.08. The highest BCUT2D eigenvalue weighted by atomic mass is 19.4. The van der Waals surface area contributed by atoms with Crippen molar-refractivity contribution in [2.45, 2.75) is 44.4 Å². The first kappa shape index (κ1) is 15.9. The molecule has 1 aliphatic rings. The molecule has 1 fully saturated rings. The average Bonchev–Trinajstić information content (AvgIpc) is 2.36. The first-order valence-corrected chi connectivity index (χ1v) is 7.13. The second-order valence-electron chi connectivity index (χ2n) is 6.08. The van der Waals surface area contributed by atoms with Crippen LogP contribution in [0.2, 0.25) is 0 Å². The SMILES string of the molecule is CC1CCCC(O)(CNc2ccc(N)cc2C(F)(F)F)C1. The lowest BCUT2D eigenvalue weighted by Crippen LogP contribution is -2.41. The Morgan fingerprint density at radius 3 is 2.76 bits per heavy atom. The lowest BCUT2D eigenvalue weighted by molar-refractivity contribution is -0.137. The van der Waals surface area contributed by atoms with Crippen LogP contribution in [0.15, 0.2) is 18.2 Å². The number of rotatable bonds is 3. The van der Waals surface area contributed by atoms with Gasteiger partial charge in [0.2, 0.25) is 0 Å². The van der Waals surface area contributed by atoms with E-state index in [4.69, 9.17) is 5.73 Å². The molecular formula is C15H21F3N2O. The molecule has 1 aromatic rings. The summed E-state index contributed by atoms with van der Waals surface area (Å²) in [5.74, 6) is 0.388. The van der Waals surface area contributed by atoms with E-state index >= 15 is 0 Å². The molecule has 6 heteroatoms. The summed E-state index contributed by atoms with van der Waals surface area (Å²) in [5, 5.41) is 13.2. The Balaban J connectivity index is 2.13. The van der Waals surface area contributed by atoms with E-state index in [1.54, 1.807) is 0 Å². The van der Waals surface area contributed by atoms with Gasteiger partial charge in [-0.05, 0) is 37.0 Å². The van der Waals surface area contributed by atoms with Crippen LogP contribution in [0.1, 0.15) is 38.2 Å². The molecule has 0 aromatic heterocycles. The maximum absolute atomic E-state index is 13.0. The fourth-order valence-corrected chi connectivity index (χ4v) is 3.00. The molecule has 2 atom stereocenters. The third-order valence-electron chi connectivity index (χ3n) is 4.02. The third-order valence-corrected chi connectivity index (χ3v) is 4.02. The normalized spacial score (nSPS) is 26.6. The lowest BCUT2D eigenvalue weighted by atomic mass is 9.79. The predicted molar refractivity (Wildman–Crippen MR) is 76.9 cm³/mol. The van der Waals surface area contributed by atoms with Crippen molar-refractivity contribution in [2.75, 3.05) is 17.6 Å². The summed E-state index contributed by atoms with van der Waals surface area (Å²) < 4.78 is 39.0. The Bertz CT molecular complexity index is 504. The smallest absolute Gasteiger partial charge is 0.399 e. The highest BCUT2D eigenvalue weighted by Crippen LogP contribution is 2.37. The number of hydrogen-bond donors (Lipinski definition) is 3. The maximum atomic E-state index is 13.0. The van der Waals surface area contributed by atoms with Crippen molar-refractivity contribution in [2.24, 2.45) is 5.92 Å². The topological polar surface area (TPSA) is 58.3 Å². The van der Waals surface area contributed by atoms with Gasteiger partial charge in [0, 0.05) is 17.9 Å². The molecule has 0 heterocycles. The van der Waals surface area contributed by atoms with Crippen LogP contribution < -0.4 is 11.1 Å². The molecule has 118 valence electrons. The molecule has 3 nitrogen and oxygen atoms in total. The average molecular weight is 302 g/mol. The first-order valence-electron chi connectivity index (χ1n) is 7.13. The molecule has 0 saturated heterocycles. The van der Waals surface area contributed by atoms with Gasteiger partial charge in [0.05, 0.1) is 11.2 Å². The number of nitrogens with two attached hydrogens (primary N) is 1. The minimum atomic E-state index is -4.47. The molecule has 0 aliphatic heterocycles. The molecule has 2 unspecified atom stereocenters. The second kappa shape index (κ2) is 5.75. The molecule has 1 aliphatic carbocycles. The summed E-state index contributed by atoms with van der Waals surface area (Å²) >= 11 is 0. The van der Waals surface area contributed by atoms with Crippen LogP contribution in [0, 0.1) is 5.92 Å². The van der Waals surface area contributed by atoms with E-state index in [2.05, 4.69) is 12.2 Å². The van der Waals surface area contributed by atoms with Crippen LogP contribution in [0.5, 0.6) is 0 Å². The molecule has 0 amide bonds. The largest absolute Gasteiger partial charge is 0.418 e. The van der Waals surface area contributed by atoms with E-state index in [9.17, 15) is 18.3 Å². The molecule has 2 rings (SSSR count). The molecule has 21 heavy (non-hydrogen) atoms. The quantitative estimate of drug-likeness (QED) is 0.747. The van der Waals surface area contributed by atoms with Gasteiger partial charge in [-0.3, -0.25) is 0 Å². The van der Waals surface area contributed by atoms with Crippen molar-refractivity contribution in [3.8, 4) is 0 Å². The van der Waals surface area contributed by atoms with E-state index in [-0.39, 0.29) is 17.9 Å². The van der Waals surface area contributed by atoms with Gasteiger partial charge in [-0.2, -0.15) is 13.2 Å². The summed E-state index contributed by atoms with van der Waals surface area (Å²) in [4.78, 5) is 0. The number of aliphatic hydroxyl groups is 1. The van der Waals surface area contributed by atoms with Crippen LogP contribution in [0.3, 0.4) is 0 Å². The summed E-state index contributed by atoms with van der Waals surface area (Å²) in [6, 6.07) is 3.65. The first-order chi connectivity index (χ1) is 9.70. The Labute approximate surface area is 122 Å². The number of anilines is 2. The van der Waals surface area contributed by atoms with Gasteiger partial charge >= 0.3 is 6.18 Å². The molecule has 1 aromatic carbocycles. The highest BCUT2D eigenvalue weighted by Gasteiger charge is 2.36. The molecule has 0 spiro atoms. The number of halogens is 3. The predicted octanol–water partition coefficient (Wildman–Crippen LogP) is 3.64. The van der Waals surface area contributed by atoms with Gasteiger partial charge in [0.1, 0.15) is 0 Å². The minimum absolute atomic E-state index is 0.0386. The number of alkyl halides is 3. The monoisotopic (exact) mass is 302 g/mol.